The van der Waals surface area contributed by atoms with Gasteiger partial charge in [-0.25, -0.2) is 5.43 Å². The van der Waals surface area contributed by atoms with Crippen molar-refractivity contribution >= 4 is 46.9 Å². The van der Waals surface area contributed by atoms with Crippen molar-refractivity contribution in [2.24, 2.45) is 16.9 Å². The number of amides is 2. The minimum atomic E-state index is -0.816. The number of hydrazone groups is 1. The van der Waals surface area contributed by atoms with Crippen LogP contribution in [-0.2, 0) is 14.4 Å². The maximum absolute atomic E-state index is 12.5. The lowest BCUT2D eigenvalue weighted by molar-refractivity contribution is -0.141. The van der Waals surface area contributed by atoms with Gasteiger partial charge in [0.15, 0.2) is 5.17 Å². The monoisotopic (exact) mass is 404 g/mol. The largest absolute Gasteiger partial charge is 0.352 e. The highest BCUT2D eigenvalue weighted by molar-refractivity contribution is 8.14. The molecule has 26 heavy (non-hydrogen) atoms. The zero-order valence-corrected chi connectivity index (χ0v) is 17.3. The molecule has 7 nitrogen and oxygen atoms in total. The van der Waals surface area contributed by atoms with Gasteiger partial charge in [0.25, 0.3) is 0 Å². The lowest BCUT2D eigenvalue weighted by Gasteiger charge is -2.25. The molecule has 2 aliphatic rings. The number of carbonyl (C=O) groups is 3. The van der Waals surface area contributed by atoms with Gasteiger partial charge in [-0.3, -0.25) is 14.4 Å². The van der Waals surface area contributed by atoms with E-state index in [1.807, 2.05) is 25.8 Å². The molecule has 2 rings (SSSR count). The Labute approximate surface area is 165 Å². The number of hydrogen-bond donors (Lipinski definition) is 2. The third-order valence-corrected chi connectivity index (χ3v) is 5.73. The maximum atomic E-state index is 12.5. The van der Waals surface area contributed by atoms with E-state index in [0.29, 0.717) is 5.17 Å². The molecular weight excluding hydrogens is 376 g/mol. The summed E-state index contributed by atoms with van der Waals surface area (Å²) in [6, 6.07) is -0.816. The molecule has 0 aromatic carbocycles. The van der Waals surface area contributed by atoms with Crippen molar-refractivity contribution in [1.29, 1.82) is 0 Å². The van der Waals surface area contributed by atoms with Crippen LogP contribution in [0.4, 0.5) is 0 Å². The van der Waals surface area contributed by atoms with Crippen LogP contribution in [0.2, 0.25) is 0 Å². The van der Waals surface area contributed by atoms with Crippen LogP contribution in [0.25, 0.3) is 0 Å². The van der Waals surface area contributed by atoms with Crippen molar-refractivity contribution < 1.29 is 14.4 Å². The van der Waals surface area contributed by atoms with E-state index < -0.39 is 17.7 Å². The highest BCUT2D eigenvalue weighted by atomic mass is 35.5. The van der Waals surface area contributed by atoms with Crippen molar-refractivity contribution in [2.45, 2.75) is 52.0 Å². The predicted octanol–water partition coefficient (Wildman–Crippen LogP) is 1.76. The van der Waals surface area contributed by atoms with Gasteiger partial charge in [-0.1, -0.05) is 44.9 Å². The second-order valence-electron chi connectivity index (χ2n) is 7.03. The SMILES string of the molecule is CC(C)[C@H](NC(=O)C1CCCCC1)C(=O)C(=O)N/N=C1\SCCN1C.Cl. The molecule has 0 bridgehead atoms. The Morgan fingerprint density at radius 3 is 2.38 bits per heavy atom. The molecule has 2 fully saturated rings. The van der Waals surface area contributed by atoms with Gasteiger partial charge in [0, 0.05) is 25.3 Å². The van der Waals surface area contributed by atoms with Crippen LogP contribution in [-0.4, -0.2) is 53.1 Å². The first-order valence-corrected chi connectivity index (χ1v) is 9.95. The van der Waals surface area contributed by atoms with Crippen LogP contribution in [0.1, 0.15) is 46.0 Å². The van der Waals surface area contributed by atoms with Crippen molar-refractivity contribution in [3.63, 3.8) is 0 Å². The number of hydrogen-bond acceptors (Lipinski definition) is 5. The topological polar surface area (TPSA) is 90.9 Å². The Hall–Kier alpha value is -1.28. The van der Waals surface area contributed by atoms with E-state index in [4.69, 9.17) is 0 Å². The van der Waals surface area contributed by atoms with E-state index in [0.717, 1.165) is 44.4 Å². The van der Waals surface area contributed by atoms with Crippen LogP contribution in [0.5, 0.6) is 0 Å². The van der Waals surface area contributed by atoms with Gasteiger partial charge < -0.3 is 10.2 Å². The second kappa shape index (κ2) is 10.8. The average Bonchev–Trinajstić information content (AvgIpc) is 3.02. The number of nitrogens with zero attached hydrogens (tertiary/aromatic N) is 2. The van der Waals surface area contributed by atoms with Crippen molar-refractivity contribution in [3.8, 4) is 0 Å². The van der Waals surface area contributed by atoms with E-state index in [1.165, 1.54) is 11.8 Å². The van der Waals surface area contributed by atoms with Gasteiger partial charge in [0.1, 0.15) is 0 Å². The molecule has 1 aliphatic heterocycles. The number of Topliss-reactive ketones (excluding diaryl/α,β-unsaturated/α-hetero) is 1. The Morgan fingerprint density at radius 1 is 1.19 bits per heavy atom. The Kier molecular flexibility index (Phi) is 9.43. The van der Waals surface area contributed by atoms with Gasteiger partial charge in [0.2, 0.25) is 11.7 Å². The molecule has 1 saturated heterocycles. The first-order valence-electron chi connectivity index (χ1n) is 8.96. The summed E-state index contributed by atoms with van der Waals surface area (Å²) in [5.74, 6) is -0.843. The molecule has 0 aromatic rings. The summed E-state index contributed by atoms with van der Waals surface area (Å²) in [5, 5.41) is 7.49. The molecule has 1 atom stereocenters. The smallest absolute Gasteiger partial charge is 0.309 e. The summed E-state index contributed by atoms with van der Waals surface area (Å²) in [7, 11) is 1.88. The van der Waals surface area contributed by atoms with Crippen LogP contribution in [0.3, 0.4) is 0 Å². The zero-order valence-electron chi connectivity index (χ0n) is 15.6. The van der Waals surface area contributed by atoms with Crippen molar-refractivity contribution in [2.75, 3.05) is 19.3 Å². The Balaban J connectivity index is 0.00000338. The molecule has 1 saturated carbocycles. The third kappa shape index (κ3) is 6.16. The number of rotatable bonds is 6. The normalized spacial score (nSPS) is 20.6. The number of amidine groups is 1. The third-order valence-electron chi connectivity index (χ3n) is 4.68. The fraction of sp³-hybridized carbons (Fsp3) is 0.765. The van der Waals surface area contributed by atoms with Gasteiger partial charge >= 0.3 is 5.91 Å². The Bertz CT molecular complexity index is 550. The van der Waals surface area contributed by atoms with Crippen LogP contribution >= 0.6 is 24.2 Å². The van der Waals surface area contributed by atoms with E-state index in [-0.39, 0.29) is 30.2 Å². The summed E-state index contributed by atoms with van der Waals surface area (Å²) in [6.45, 7) is 4.51. The minimum Gasteiger partial charge on any atom is -0.352 e. The lowest BCUT2D eigenvalue weighted by Crippen LogP contribution is -2.51. The van der Waals surface area contributed by atoms with E-state index in [9.17, 15) is 14.4 Å². The van der Waals surface area contributed by atoms with E-state index >= 15 is 0 Å². The highest BCUT2D eigenvalue weighted by Gasteiger charge is 2.32. The van der Waals surface area contributed by atoms with Gasteiger partial charge in [-0.05, 0) is 18.8 Å². The molecule has 1 heterocycles. The quantitative estimate of drug-likeness (QED) is 0.520. The van der Waals surface area contributed by atoms with Gasteiger partial charge in [0.05, 0.1) is 6.04 Å². The Morgan fingerprint density at radius 2 is 1.85 bits per heavy atom. The van der Waals surface area contributed by atoms with Crippen LogP contribution < -0.4 is 10.7 Å². The van der Waals surface area contributed by atoms with E-state index in [2.05, 4.69) is 15.8 Å². The molecule has 148 valence electrons. The lowest BCUT2D eigenvalue weighted by atomic mass is 9.88. The number of carbonyl (C=O) groups excluding carboxylic acids is 3. The fourth-order valence-corrected chi connectivity index (χ4v) is 4.03. The van der Waals surface area contributed by atoms with E-state index in [1.54, 1.807) is 0 Å². The summed E-state index contributed by atoms with van der Waals surface area (Å²) >= 11 is 1.53. The maximum Gasteiger partial charge on any atom is 0.309 e. The average molecular weight is 405 g/mol. The minimum absolute atomic E-state index is 0. The fourth-order valence-electron chi connectivity index (χ4n) is 3.06. The molecule has 0 radical (unpaired) electrons. The first-order chi connectivity index (χ1) is 11.9. The summed E-state index contributed by atoms with van der Waals surface area (Å²) < 4.78 is 0. The molecule has 0 aromatic heterocycles. The summed E-state index contributed by atoms with van der Waals surface area (Å²) in [5.41, 5.74) is 2.33. The van der Waals surface area contributed by atoms with Gasteiger partial charge in [-0.2, -0.15) is 0 Å². The summed E-state index contributed by atoms with van der Waals surface area (Å²) in [4.78, 5) is 39.0. The number of ketones is 1. The molecule has 2 amide bonds. The van der Waals surface area contributed by atoms with Crippen molar-refractivity contribution in [3.05, 3.63) is 0 Å². The van der Waals surface area contributed by atoms with Crippen LogP contribution in [0, 0.1) is 11.8 Å². The highest BCUT2D eigenvalue weighted by Crippen LogP contribution is 2.24. The number of nitrogens with one attached hydrogen (secondary N) is 2. The molecule has 0 unspecified atom stereocenters. The molecule has 1 aliphatic carbocycles. The second-order valence-corrected chi connectivity index (χ2v) is 8.10. The standard InChI is InChI=1S/C17H28N4O3S.ClH/c1-11(2)13(18-15(23)12-7-5-4-6-8-12)14(22)16(24)19-20-17-21(3)9-10-25-17;/h11-13H,4-10H2,1-3H3,(H,18,23)(H,19,24);1H/b20-17-;/t13-;/m0./s1. The molecule has 2 N–H and O–H groups in total. The van der Waals surface area contributed by atoms with Crippen LogP contribution in [0.15, 0.2) is 5.10 Å². The van der Waals surface area contributed by atoms with Gasteiger partial charge in [-0.15, -0.1) is 17.5 Å². The molecular formula is C17H29ClN4O3S. The van der Waals surface area contributed by atoms with Crippen molar-refractivity contribution in [1.82, 2.24) is 15.6 Å². The summed E-state index contributed by atoms with van der Waals surface area (Å²) in [6.07, 6.45) is 4.96. The number of halogens is 1. The first kappa shape index (κ1) is 22.8. The zero-order chi connectivity index (χ0) is 18.4. The predicted molar refractivity (Wildman–Crippen MR) is 106 cm³/mol. The number of thioether (sulfide) groups is 1. The molecule has 9 heteroatoms. The molecule has 0 spiro atoms.